The minimum atomic E-state index is 0.102. The molecule has 0 saturated heterocycles. The van der Waals surface area contributed by atoms with E-state index in [1.807, 2.05) is 13.8 Å². The molecule has 0 aliphatic heterocycles. The Morgan fingerprint density at radius 3 is 2.28 bits per heavy atom. The summed E-state index contributed by atoms with van der Waals surface area (Å²) in [6.07, 6.45) is 0.875. The first-order valence-corrected chi connectivity index (χ1v) is 6.87. The first kappa shape index (κ1) is 17.6. The molecule has 0 N–H and O–H groups in total. The lowest BCUT2D eigenvalue weighted by atomic mass is 10.1. The molecule has 0 aromatic rings. The molecule has 0 aromatic carbocycles. The topological polar surface area (TPSA) is 38.8 Å². The van der Waals surface area contributed by atoms with Crippen LogP contribution in [-0.2, 0) is 14.3 Å². The highest BCUT2D eigenvalue weighted by molar-refractivity contribution is 5.81. The van der Waals surface area contributed by atoms with Gasteiger partial charge < -0.3 is 14.4 Å². The second-order valence-electron chi connectivity index (χ2n) is 5.01. The summed E-state index contributed by atoms with van der Waals surface area (Å²) in [4.78, 5) is 13.7. The number of hydrogen-bond donors (Lipinski definition) is 0. The van der Waals surface area contributed by atoms with Crippen molar-refractivity contribution in [3.05, 3.63) is 0 Å². The Kier molecular flexibility index (Phi) is 10.2. The van der Waals surface area contributed by atoms with Crippen LogP contribution in [0.15, 0.2) is 0 Å². The number of likely N-dealkylation sites (N-methyl/N-ethyl adjacent to an activating group) is 1. The number of ether oxygens (including phenoxy) is 2. The molecular formula is C14H29NO3. The van der Waals surface area contributed by atoms with E-state index in [2.05, 4.69) is 25.8 Å². The van der Waals surface area contributed by atoms with E-state index >= 15 is 0 Å². The average molecular weight is 259 g/mol. The quantitative estimate of drug-likeness (QED) is 0.532. The van der Waals surface area contributed by atoms with Gasteiger partial charge in [-0.2, -0.15) is 0 Å². The summed E-state index contributed by atoms with van der Waals surface area (Å²) in [6, 6.07) is 0.540. The summed E-state index contributed by atoms with van der Waals surface area (Å²) in [7, 11) is 2.08. The first-order valence-electron chi connectivity index (χ1n) is 6.87. The molecule has 0 heterocycles. The highest BCUT2D eigenvalue weighted by Gasteiger charge is 2.09. The number of ketones is 1. The van der Waals surface area contributed by atoms with Gasteiger partial charge in [0.2, 0.25) is 0 Å². The van der Waals surface area contributed by atoms with Gasteiger partial charge in [0.05, 0.1) is 19.8 Å². The van der Waals surface area contributed by atoms with E-state index in [4.69, 9.17) is 9.47 Å². The maximum Gasteiger partial charge on any atom is 0.161 e. The van der Waals surface area contributed by atoms with Gasteiger partial charge in [-0.15, -0.1) is 0 Å². The third-order valence-corrected chi connectivity index (χ3v) is 3.25. The maximum atomic E-state index is 11.5. The van der Waals surface area contributed by atoms with E-state index in [1.54, 1.807) is 0 Å². The van der Waals surface area contributed by atoms with Gasteiger partial charge in [-0.05, 0) is 27.3 Å². The Morgan fingerprint density at radius 1 is 1.11 bits per heavy atom. The second kappa shape index (κ2) is 10.5. The van der Waals surface area contributed by atoms with Crippen LogP contribution in [0.3, 0.4) is 0 Å². The van der Waals surface area contributed by atoms with Crippen LogP contribution in [0.1, 0.15) is 34.1 Å². The highest BCUT2D eigenvalue weighted by Crippen LogP contribution is 2.01. The monoisotopic (exact) mass is 259 g/mol. The Labute approximate surface area is 112 Å². The molecule has 1 unspecified atom stereocenters. The van der Waals surface area contributed by atoms with Crippen molar-refractivity contribution in [1.29, 1.82) is 0 Å². The summed E-state index contributed by atoms with van der Waals surface area (Å²) in [5.74, 6) is 0.280. The van der Waals surface area contributed by atoms with E-state index < -0.39 is 0 Å². The zero-order valence-corrected chi connectivity index (χ0v) is 12.6. The van der Waals surface area contributed by atoms with Crippen LogP contribution < -0.4 is 0 Å². The number of rotatable bonds is 11. The lowest BCUT2D eigenvalue weighted by Gasteiger charge is -2.20. The van der Waals surface area contributed by atoms with Crippen LogP contribution >= 0.6 is 0 Å². The van der Waals surface area contributed by atoms with Crippen molar-refractivity contribution in [1.82, 2.24) is 4.90 Å². The molecule has 0 fully saturated rings. The van der Waals surface area contributed by atoms with Crippen molar-refractivity contribution in [3.8, 4) is 0 Å². The molecule has 0 bridgehead atoms. The van der Waals surface area contributed by atoms with E-state index in [1.165, 1.54) is 0 Å². The van der Waals surface area contributed by atoms with Gasteiger partial charge in [-0.3, -0.25) is 4.79 Å². The number of carbonyl (C=O) groups is 1. The van der Waals surface area contributed by atoms with Crippen molar-refractivity contribution in [3.63, 3.8) is 0 Å². The number of carbonyl (C=O) groups excluding carboxylic acids is 1. The maximum absolute atomic E-state index is 11.5. The zero-order valence-electron chi connectivity index (χ0n) is 12.6. The summed E-state index contributed by atoms with van der Waals surface area (Å²) < 4.78 is 10.7. The SMILES string of the molecule is CCC(C)C(=O)COCCOCCN(C)C(C)C. The molecule has 0 spiro atoms. The van der Waals surface area contributed by atoms with Crippen LogP contribution in [0, 0.1) is 5.92 Å². The molecule has 0 radical (unpaired) electrons. The van der Waals surface area contributed by atoms with Crippen LogP contribution in [0.25, 0.3) is 0 Å². The van der Waals surface area contributed by atoms with Crippen LogP contribution in [0.5, 0.6) is 0 Å². The third kappa shape index (κ3) is 8.61. The highest BCUT2D eigenvalue weighted by atomic mass is 16.5. The van der Waals surface area contributed by atoms with Crippen molar-refractivity contribution < 1.29 is 14.3 Å². The normalized spacial score (nSPS) is 13.3. The van der Waals surface area contributed by atoms with E-state index in [9.17, 15) is 4.79 Å². The Balaban J connectivity index is 3.34. The van der Waals surface area contributed by atoms with Crippen molar-refractivity contribution in [2.45, 2.75) is 40.2 Å². The fraction of sp³-hybridized carbons (Fsp3) is 0.929. The van der Waals surface area contributed by atoms with Gasteiger partial charge in [0.25, 0.3) is 0 Å². The number of hydrogen-bond acceptors (Lipinski definition) is 4. The fourth-order valence-electron chi connectivity index (χ4n) is 1.23. The average Bonchev–Trinajstić information content (AvgIpc) is 2.35. The number of nitrogens with zero attached hydrogens (tertiary/aromatic N) is 1. The predicted octanol–water partition coefficient (Wildman–Crippen LogP) is 1.97. The number of Topliss-reactive ketones (excluding diaryl/α,β-unsaturated/α-hetero) is 1. The van der Waals surface area contributed by atoms with Crippen LogP contribution in [-0.4, -0.2) is 56.7 Å². The third-order valence-electron chi connectivity index (χ3n) is 3.25. The van der Waals surface area contributed by atoms with E-state index in [-0.39, 0.29) is 18.3 Å². The predicted molar refractivity (Wildman–Crippen MR) is 73.9 cm³/mol. The molecule has 0 aliphatic rings. The molecule has 0 aromatic heterocycles. The fourth-order valence-corrected chi connectivity index (χ4v) is 1.23. The van der Waals surface area contributed by atoms with Crippen molar-refractivity contribution in [2.24, 2.45) is 5.92 Å². The zero-order chi connectivity index (χ0) is 14.0. The van der Waals surface area contributed by atoms with Crippen molar-refractivity contribution in [2.75, 3.05) is 40.0 Å². The minimum absolute atomic E-state index is 0.102. The molecule has 1 atom stereocenters. The summed E-state index contributed by atoms with van der Waals surface area (Å²) in [6.45, 7) is 11.1. The summed E-state index contributed by atoms with van der Waals surface area (Å²) in [5.41, 5.74) is 0. The van der Waals surface area contributed by atoms with Crippen LogP contribution in [0.2, 0.25) is 0 Å². The summed E-state index contributed by atoms with van der Waals surface area (Å²) in [5, 5.41) is 0. The molecule has 0 aliphatic carbocycles. The lowest BCUT2D eigenvalue weighted by Crippen LogP contribution is -2.30. The Hall–Kier alpha value is -0.450. The van der Waals surface area contributed by atoms with E-state index in [0.29, 0.717) is 25.9 Å². The largest absolute Gasteiger partial charge is 0.378 e. The standard InChI is InChI=1S/C14H29NO3/c1-6-13(4)14(16)11-18-10-9-17-8-7-15(5)12(2)3/h12-13H,6-11H2,1-5H3. The molecule has 4 heteroatoms. The molecule has 0 rings (SSSR count). The van der Waals surface area contributed by atoms with Gasteiger partial charge in [-0.1, -0.05) is 13.8 Å². The first-order chi connectivity index (χ1) is 8.49. The summed E-state index contributed by atoms with van der Waals surface area (Å²) >= 11 is 0. The molecule has 4 nitrogen and oxygen atoms in total. The van der Waals surface area contributed by atoms with Crippen molar-refractivity contribution >= 4 is 5.78 Å². The van der Waals surface area contributed by atoms with Gasteiger partial charge in [0.1, 0.15) is 6.61 Å². The van der Waals surface area contributed by atoms with E-state index in [0.717, 1.165) is 13.0 Å². The van der Waals surface area contributed by atoms with Gasteiger partial charge in [0.15, 0.2) is 5.78 Å². The molecule has 0 amide bonds. The van der Waals surface area contributed by atoms with Gasteiger partial charge in [0, 0.05) is 18.5 Å². The molecular weight excluding hydrogens is 230 g/mol. The molecule has 108 valence electrons. The molecule has 18 heavy (non-hydrogen) atoms. The Morgan fingerprint density at radius 2 is 1.72 bits per heavy atom. The second-order valence-corrected chi connectivity index (χ2v) is 5.01. The van der Waals surface area contributed by atoms with Crippen LogP contribution in [0.4, 0.5) is 0 Å². The Bertz CT molecular complexity index is 219. The minimum Gasteiger partial charge on any atom is -0.378 e. The molecule has 0 saturated carbocycles. The van der Waals surface area contributed by atoms with Gasteiger partial charge >= 0.3 is 0 Å². The van der Waals surface area contributed by atoms with Gasteiger partial charge in [-0.25, -0.2) is 0 Å². The lowest BCUT2D eigenvalue weighted by molar-refractivity contribution is -0.127. The smallest absolute Gasteiger partial charge is 0.161 e.